The number of thiocarbonyl (C=S) groups is 1. The fourth-order valence-corrected chi connectivity index (χ4v) is 3.16. The maximum atomic E-state index is 5.77. The third-order valence-electron chi connectivity index (χ3n) is 4.58. The van der Waals surface area contributed by atoms with Gasteiger partial charge in [0.05, 0.1) is 7.11 Å². The molecule has 1 aromatic heterocycles. The highest BCUT2D eigenvalue weighted by Gasteiger charge is 2.13. The van der Waals surface area contributed by atoms with E-state index < -0.39 is 0 Å². The molecule has 1 N–H and O–H groups in total. The van der Waals surface area contributed by atoms with Crippen LogP contribution in [0.3, 0.4) is 0 Å². The van der Waals surface area contributed by atoms with Gasteiger partial charge in [0.25, 0.3) is 0 Å². The minimum atomic E-state index is 0.686. The van der Waals surface area contributed by atoms with Crippen LogP contribution in [0.4, 0.5) is 5.69 Å². The van der Waals surface area contributed by atoms with Crippen molar-refractivity contribution >= 4 is 23.0 Å². The van der Waals surface area contributed by atoms with E-state index in [1.807, 2.05) is 49.6 Å². The summed E-state index contributed by atoms with van der Waals surface area (Å²) in [6.45, 7) is 5.57. The smallest absolute Gasteiger partial charge is 0.174 e. The lowest BCUT2D eigenvalue weighted by Gasteiger charge is -2.27. The van der Waals surface area contributed by atoms with Crippen molar-refractivity contribution in [3.63, 3.8) is 0 Å². The van der Waals surface area contributed by atoms with Gasteiger partial charge in [-0.15, -0.1) is 0 Å². The number of pyridine rings is 1. The topological polar surface area (TPSA) is 37.4 Å². The number of hydrogen-bond acceptors (Lipinski definition) is 3. The minimum absolute atomic E-state index is 0.686. The standard InChI is InChI=1S/C23H25N3OS/c1-17-4-6-19(7-5-17)15-26(16-20-10-12-24-13-11-20)23(28)25-22-9-8-21(27-3)14-18(22)2/h4-14H,15-16H2,1-3H3,(H,25,28). The predicted octanol–water partition coefficient (Wildman–Crippen LogP) is 5.11. The molecule has 0 saturated carbocycles. The van der Waals surface area contributed by atoms with Gasteiger partial charge in [-0.05, 0) is 73.1 Å². The number of rotatable bonds is 6. The van der Waals surface area contributed by atoms with Crippen LogP contribution in [0.25, 0.3) is 0 Å². The Morgan fingerprint density at radius 1 is 0.964 bits per heavy atom. The number of nitrogens with zero attached hydrogens (tertiary/aromatic N) is 2. The van der Waals surface area contributed by atoms with Gasteiger partial charge in [-0.25, -0.2) is 0 Å². The summed E-state index contributed by atoms with van der Waals surface area (Å²) in [5.74, 6) is 0.835. The van der Waals surface area contributed by atoms with Crippen molar-refractivity contribution in [2.75, 3.05) is 12.4 Å². The van der Waals surface area contributed by atoms with E-state index >= 15 is 0 Å². The van der Waals surface area contributed by atoms with Crippen molar-refractivity contribution in [3.05, 3.63) is 89.2 Å². The summed E-state index contributed by atoms with van der Waals surface area (Å²) >= 11 is 5.77. The van der Waals surface area contributed by atoms with Gasteiger partial charge in [-0.1, -0.05) is 29.8 Å². The number of aryl methyl sites for hydroxylation is 2. The first-order valence-electron chi connectivity index (χ1n) is 9.20. The van der Waals surface area contributed by atoms with Gasteiger partial charge >= 0.3 is 0 Å². The molecule has 0 amide bonds. The molecule has 0 spiro atoms. The summed E-state index contributed by atoms with van der Waals surface area (Å²) in [6.07, 6.45) is 3.62. The number of benzene rings is 2. The van der Waals surface area contributed by atoms with Crippen LogP contribution in [-0.2, 0) is 13.1 Å². The van der Waals surface area contributed by atoms with E-state index in [2.05, 4.69) is 46.4 Å². The first-order chi connectivity index (χ1) is 13.5. The molecule has 0 unspecified atom stereocenters. The summed E-state index contributed by atoms with van der Waals surface area (Å²) in [6, 6.07) is 18.5. The Bertz CT molecular complexity index is 926. The van der Waals surface area contributed by atoms with E-state index in [0.717, 1.165) is 29.1 Å². The second-order valence-corrected chi connectivity index (χ2v) is 7.19. The molecule has 0 saturated heterocycles. The monoisotopic (exact) mass is 391 g/mol. The van der Waals surface area contributed by atoms with Crippen LogP contribution in [0.2, 0.25) is 0 Å². The number of nitrogens with one attached hydrogen (secondary N) is 1. The summed E-state index contributed by atoms with van der Waals surface area (Å²) < 4.78 is 5.29. The van der Waals surface area contributed by atoms with Crippen molar-refractivity contribution in [1.82, 2.24) is 9.88 Å². The lowest BCUT2D eigenvalue weighted by Crippen LogP contribution is -2.34. The number of ether oxygens (including phenoxy) is 1. The SMILES string of the molecule is COc1ccc(NC(=S)N(Cc2ccncc2)Cc2ccc(C)cc2)c(C)c1. The zero-order valence-electron chi connectivity index (χ0n) is 16.5. The third-order valence-corrected chi connectivity index (χ3v) is 4.94. The zero-order chi connectivity index (χ0) is 19.9. The normalized spacial score (nSPS) is 10.4. The van der Waals surface area contributed by atoms with Crippen LogP contribution in [0.5, 0.6) is 5.75 Å². The Labute approximate surface area is 172 Å². The minimum Gasteiger partial charge on any atom is -0.497 e. The third kappa shape index (κ3) is 5.30. The molecular weight excluding hydrogens is 366 g/mol. The highest BCUT2D eigenvalue weighted by atomic mass is 32.1. The van der Waals surface area contributed by atoms with Gasteiger partial charge in [0.2, 0.25) is 0 Å². The predicted molar refractivity (Wildman–Crippen MR) is 119 cm³/mol. The summed E-state index contributed by atoms with van der Waals surface area (Å²) in [5.41, 5.74) is 5.70. The number of aromatic nitrogens is 1. The van der Waals surface area contributed by atoms with E-state index in [1.165, 1.54) is 11.1 Å². The molecule has 0 bridgehead atoms. The maximum Gasteiger partial charge on any atom is 0.174 e. The van der Waals surface area contributed by atoms with Crippen molar-refractivity contribution in [2.45, 2.75) is 26.9 Å². The van der Waals surface area contributed by atoms with Crippen LogP contribution in [-0.4, -0.2) is 22.1 Å². The molecule has 0 aliphatic rings. The lowest BCUT2D eigenvalue weighted by molar-refractivity contribution is 0.412. The molecule has 0 radical (unpaired) electrons. The first-order valence-corrected chi connectivity index (χ1v) is 9.61. The van der Waals surface area contributed by atoms with E-state index in [0.29, 0.717) is 11.7 Å². The van der Waals surface area contributed by atoms with Crippen molar-refractivity contribution in [1.29, 1.82) is 0 Å². The van der Waals surface area contributed by atoms with Crippen molar-refractivity contribution in [3.8, 4) is 5.75 Å². The molecule has 4 nitrogen and oxygen atoms in total. The van der Waals surface area contributed by atoms with Crippen LogP contribution < -0.4 is 10.1 Å². The number of methoxy groups -OCH3 is 1. The second-order valence-electron chi connectivity index (χ2n) is 6.81. The van der Waals surface area contributed by atoms with E-state index in [4.69, 9.17) is 17.0 Å². The van der Waals surface area contributed by atoms with Gasteiger partial charge in [-0.3, -0.25) is 4.98 Å². The lowest BCUT2D eigenvalue weighted by atomic mass is 10.1. The Hall–Kier alpha value is -2.92. The molecule has 144 valence electrons. The molecule has 2 aromatic carbocycles. The Morgan fingerprint density at radius 3 is 2.21 bits per heavy atom. The van der Waals surface area contributed by atoms with E-state index in [-0.39, 0.29) is 0 Å². The zero-order valence-corrected chi connectivity index (χ0v) is 17.3. The van der Waals surface area contributed by atoms with Crippen LogP contribution in [0, 0.1) is 13.8 Å². The molecule has 28 heavy (non-hydrogen) atoms. The first kappa shape index (κ1) is 19.8. The molecule has 0 aliphatic carbocycles. The molecule has 0 aliphatic heterocycles. The van der Waals surface area contributed by atoms with Gasteiger partial charge in [0, 0.05) is 31.2 Å². The quantitative estimate of drug-likeness (QED) is 0.591. The highest BCUT2D eigenvalue weighted by Crippen LogP contribution is 2.22. The molecule has 1 heterocycles. The van der Waals surface area contributed by atoms with Gasteiger partial charge in [0.1, 0.15) is 5.75 Å². The fourth-order valence-electron chi connectivity index (χ4n) is 2.92. The number of anilines is 1. The molecule has 5 heteroatoms. The Balaban J connectivity index is 1.80. The van der Waals surface area contributed by atoms with E-state index in [1.54, 1.807) is 7.11 Å². The summed E-state index contributed by atoms with van der Waals surface area (Å²) in [4.78, 5) is 6.27. The van der Waals surface area contributed by atoms with E-state index in [9.17, 15) is 0 Å². The summed E-state index contributed by atoms with van der Waals surface area (Å²) in [7, 11) is 1.67. The van der Waals surface area contributed by atoms with Crippen LogP contribution >= 0.6 is 12.2 Å². The molecule has 3 aromatic rings. The van der Waals surface area contributed by atoms with Crippen LogP contribution in [0.15, 0.2) is 67.0 Å². The van der Waals surface area contributed by atoms with Gasteiger partial charge in [0.15, 0.2) is 5.11 Å². The maximum absolute atomic E-state index is 5.77. The van der Waals surface area contributed by atoms with Crippen molar-refractivity contribution in [2.24, 2.45) is 0 Å². The average Bonchev–Trinajstić information content (AvgIpc) is 2.71. The van der Waals surface area contributed by atoms with Crippen LogP contribution in [0.1, 0.15) is 22.3 Å². The molecule has 0 fully saturated rings. The Morgan fingerprint density at radius 2 is 1.61 bits per heavy atom. The molecule has 0 atom stereocenters. The number of hydrogen-bond donors (Lipinski definition) is 1. The van der Waals surface area contributed by atoms with Gasteiger partial charge < -0.3 is 15.0 Å². The van der Waals surface area contributed by atoms with Gasteiger partial charge in [-0.2, -0.15) is 0 Å². The Kier molecular flexibility index (Phi) is 6.61. The largest absolute Gasteiger partial charge is 0.497 e. The second kappa shape index (κ2) is 9.33. The fraction of sp³-hybridized carbons (Fsp3) is 0.217. The van der Waals surface area contributed by atoms with Crippen molar-refractivity contribution < 1.29 is 4.74 Å². The average molecular weight is 392 g/mol. The summed E-state index contributed by atoms with van der Waals surface area (Å²) in [5, 5.41) is 4.09. The molecule has 3 rings (SSSR count). The highest BCUT2D eigenvalue weighted by molar-refractivity contribution is 7.80. The molecular formula is C23H25N3OS.